The highest BCUT2D eigenvalue weighted by molar-refractivity contribution is 5.76. The first kappa shape index (κ1) is 80.5. The molecule has 0 saturated carbocycles. The predicted molar refractivity (Wildman–Crippen MR) is 355 cm³/mol. The summed E-state index contributed by atoms with van der Waals surface area (Å²) in [6.45, 7) is 2.69. The van der Waals surface area contributed by atoms with E-state index in [1.54, 1.807) is 6.08 Å². The second-order valence-corrected chi connectivity index (χ2v) is 25.0. The largest absolute Gasteiger partial charge is 0.394 e. The van der Waals surface area contributed by atoms with Crippen LogP contribution >= 0.6 is 0 Å². The highest BCUT2D eigenvalue weighted by Gasteiger charge is 2.51. The Labute approximate surface area is 529 Å². The number of nitrogens with one attached hydrogen (secondary N) is 1. The third kappa shape index (κ3) is 41.5. The van der Waals surface area contributed by atoms with Crippen molar-refractivity contribution in [2.24, 2.45) is 0 Å². The second-order valence-electron chi connectivity index (χ2n) is 25.0. The fraction of sp³-hybridized carbons (Fsp3) is 0.822. The molecule has 2 fully saturated rings. The van der Waals surface area contributed by atoms with E-state index in [1.807, 2.05) is 6.08 Å². The third-order valence-electron chi connectivity index (χ3n) is 17.1. The molecule has 9 N–H and O–H groups in total. The van der Waals surface area contributed by atoms with E-state index in [4.69, 9.17) is 18.9 Å². The number of amides is 1. The minimum Gasteiger partial charge on any atom is -0.394 e. The van der Waals surface area contributed by atoms with Crippen molar-refractivity contribution in [2.45, 2.75) is 364 Å². The van der Waals surface area contributed by atoms with Gasteiger partial charge in [0, 0.05) is 6.42 Å². The Bertz CT molecular complexity index is 1740. The van der Waals surface area contributed by atoms with E-state index in [9.17, 15) is 45.6 Å². The van der Waals surface area contributed by atoms with Gasteiger partial charge < -0.3 is 65.1 Å². The third-order valence-corrected chi connectivity index (χ3v) is 17.1. The summed E-state index contributed by atoms with van der Waals surface area (Å²) in [5.41, 5.74) is 0. The highest BCUT2D eigenvalue weighted by Crippen LogP contribution is 2.30. The number of aliphatic hydroxyl groups excluding tert-OH is 8. The van der Waals surface area contributed by atoms with Crippen molar-refractivity contribution in [3.8, 4) is 0 Å². The molecule has 12 atom stereocenters. The first-order valence-corrected chi connectivity index (χ1v) is 35.7. The first-order chi connectivity index (χ1) is 42.6. The molecule has 14 nitrogen and oxygen atoms in total. The van der Waals surface area contributed by atoms with Crippen molar-refractivity contribution < 1.29 is 64.6 Å². The van der Waals surface area contributed by atoms with Crippen LogP contribution in [0.5, 0.6) is 0 Å². The molecule has 0 bridgehead atoms. The minimum atomic E-state index is -1.79. The molecule has 1 amide bonds. The number of hydrogen-bond acceptors (Lipinski definition) is 13. The maximum absolute atomic E-state index is 13.3. The molecule has 0 aliphatic carbocycles. The molecule has 2 aliphatic heterocycles. The second kappa shape index (κ2) is 57.3. The van der Waals surface area contributed by atoms with E-state index in [-0.39, 0.29) is 18.9 Å². The summed E-state index contributed by atoms with van der Waals surface area (Å²) < 4.78 is 22.8. The smallest absolute Gasteiger partial charge is 0.220 e. The van der Waals surface area contributed by atoms with Crippen molar-refractivity contribution in [1.29, 1.82) is 0 Å². The quantitative estimate of drug-likeness (QED) is 0.0204. The van der Waals surface area contributed by atoms with Crippen LogP contribution in [0.25, 0.3) is 0 Å². The number of aliphatic hydroxyl groups is 8. The minimum absolute atomic E-state index is 0.246. The standard InChI is InChI=1S/C73H131NO13/c1-3-5-7-9-11-13-15-17-19-21-22-23-24-25-26-27-28-29-30-31-32-33-34-35-36-37-38-39-40-41-43-45-47-49-51-53-55-57-65(78)74-61(62(77)56-54-52-50-48-46-44-42-20-18-16-14-12-10-8-6-4-2)60-84-72-70(83)68(81)71(64(59-76)86-72)87-73-69(82)67(80)66(79)63(58-75)85-73/h5,7,11,13,17,19,22-23,46,48,54,56,61-64,66-73,75-77,79-83H,3-4,6,8-10,12,14-16,18,20-21,24-45,47,49-53,55,57-60H2,1-2H3,(H,74,78)/b7-5-,13-11-,19-17-,23-22-,48-46+,56-54+. The molecule has 2 saturated heterocycles. The fourth-order valence-electron chi connectivity index (χ4n) is 11.5. The molecule has 506 valence electrons. The number of ether oxygens (including phenoxy) is 4. The van der Waals surface area contributed by atoms with Crippen LogP contribution < -0.4 is 5.32 Å². The Morgan fingerprint density at radius 3 is 1.26 bits per heavy atom. The molecular formula is C73H131NO13. The van der Waals surface area contributed by atoms with Gasteiger partial charge in [0.2, 0.25) is 5.91 Å². The molecule has 0 spiro atoms. The average molecular weight is 1230 g/mol. The highest BCUT2D eigenvalue weighted by atomic mass is 16.7. The summed E-state index contributed by atoms with van der Waals surface area (Å²) >= 11 is 0. The van der Waals surface area contributed by atoms with Crippen molar-refractivity contribution in [3.63, 3.8) is 0 Å². The van der Waals surface area contributed by atoms with Gasteiger partial charge in [-0.05, 0) is 70.6 Å². The number of carbonyl (C=O) groups excluding carboxylic acids is 1. The number of carbonyl (C=O) groups is 1. The Kier molecular flexibility index (Phi) is 53.1. The van der Waals surface area contributed by atoms with Gasteiger partial charge in [-0.3, -0.25) is 4.79 Å². The number of hydrogen-bond donors (Lipinski definition) is 9. The monoisotopic (exact) mass is 1230 g/mol. The molecule has 2 aliphatic rings. The van der Waals surface area contributed by atoms with Crippen molar-refractivity contribution in [1.82, 2.24) is 5.32 Å². The Balaban J connectivity index is 1.59. The summed E-state index contributed by atoms with van der Waals surface area (Å²) in [5, 5.41) is 87.3. The van der Waals surface area contributed by atoms with E-state index >= 15 is 0 Å². The molecule has 2 heterocycles. The normalized spacial score (nSPS) is 23.7. The van der Waals surface area contributed by atoms with Crippen LogP contribution in [-0.4, -0.2) is 140 Å². The molecule has 14 heteroatoms. The first-order valence-electron chi connectivity index (χ1n) is 35.7. The van der Waals surface area contributed by atoms with Gasteiger partial charge in [-0.25, -0.2) is 0 Å². The van der Waals surface area contributed by atoms with Crippen LogP contribution in [0.2, 0.25) is 0 Å². The lowest BCUT2D eigenvalue weighted by Gasteiger charge is -2.46. The summed E-state index contributed by atoms with van der Waals surface area (Å²) in [5.74, 6) is -0.246. The molecule has 87 heavy (non-hydrogen) atoms. The molecule has 0 radical (unpaired) electrons. The summed E-state index contributed by atoms with van der Waals surface area (Å²) in [4.78, 5) is 13.3. The zero-order valence-electron chi connectivity index (χ0n) is 55.0. The molecule has 0 aromatic heterocycles. The van der Waals surface area contributed by atoms with Gasteiger partial charge in [0.15, 0.2) is 12.6 Å². The Morgan fingerprint density at radius 1 is 0.425 bits per heavy atom. The molecule has 0 aromatic carbocycles. The molecule has 12 unspecified atom stereocenters. The van der Waals surface area contributed by atoms with Crippen molar-refractivity contribution >= 4 is 5.91 Å². The van der Waals surface area contributed by atoms with Crippen LogP contribution in [0.1, 0.15) is 290 Å². The van der Waals surface area contributed by atoms with Crippen LogP contribution in [0.3, 0.4) is 0 Å². The maximum Gasteiger partial charge on any atom is 0.220 e. The van der Waals surface area contributed by atoms with Crippen LogP contribution in [0, 0.1) is 0 Å². The molecule has 0 aromatic rings. The number of unbranched alkanes of at least 4 members (excludes halogenated alkanes) is 35. The zero-order chi connectivity index (χ0) is 63.1. The maximum atomic E-state index is 13.3. The van der Waals surface area contributed by atoms with Gasteiger partial charge in [0.05, 0.1) is 32.0 Å². The zero-order valence-corrected chi connectivity index (χ0v) is 55.0. The lowest BCUT2D eigenvalue weighted by Crippen LogP contribution is -2.65. The van der Waals surface area contributed by atoms with E-state index in [1.165, 1.54) is 199 Å². The summed E-state index contributed by atoms with van der Waals surface area (Å²) in [6.07, 6.45) is 61.2. The van der Waals surface area contributed by atoms with Gasteiger partial charge in [0.1, 0.15) is 48.8 Å². The van der Waals surface area contributed by atoms with Gasteiger partial charge >= 0.3 is 0 Å². The van der Waals surface area contributed by atoms with Crippen LogP contribution in [0.4, 0.5) is 0 Å². The van der Waals surface area contributed by atoms with Crippen LogP contribution in [0.15, 0.2) is 72.9 Å². The van der Waals surface area contributed by atoms with Crippen LogP contribution in [-0.2, 0) is 23.7 Å². The van der Waals surface area contributed by atoms with E-state index in [2.05, 4.69) is 79.9 Å². The predicted octanol–water partition coefficient (Wildman–Crippen LogP) is 14.6. The number of rotatable bonds is 58. The van der Waals surface area contributed by atoms with Gasteiger partial charge in [-0.1, -0.05) is 286 Å². The van der Waals surface area contributed by atoms with Crippen molar-refractivity contribution in [3.05, 3.63) is 72.9 Å². The average Bonchev–Trinajstić information content (AvgIpc) is 2.36. The Hall–Kier alpha value is -2.57. The molecular weight excluding hydrogens is 1100 g/mol. The van der Waals surface area contributed by atoms with E-state index < -0.39 is 86.8 Å². The summed E-state index contributed by atoms with van der Waals surface area (Å²) in [6, 6.07) is -0.932. The van der Waals surface area contributed by atoms with Gasteiger partial charge in [-0.2, -0.15) is 0 Å². The van der Waals surface area contributed by atoms with E-state index in [0.717, 1.165) is 57.8 Å². The molecule has 2 rings (SSSR count). The van der Waals surface area contributed by atoms with Gasteiger partial charge in [-0.15, -0.1) is 0 Å². The lowest BCUT2D eigenvalue weighted by molar-refractivity contribution is -0.359. The SMILES string of the molecule is CC/C=C\C/C=C\C/C=C\C/C=C\CCCCCCCCCCCCCCCCCCCCCCCCCCC(=O)NC(COC1OC(CO)C(OC2OC(CO)C(O)C(O)C2O)C(O)C1O)C(O)/C=C/CC/C=C/CCCCCCCCCCCC. The number of allylic oxidation sites excluding steroid dienone is 11. The fourth-order valence-corrected chi connectivity index (χ4v) is 11.5. The van der Waals surface area contributed by atoms with Crippen molar-refractivity contribution in [2.75, 3.05) is 19.8 Å². The van der Waals surface area contributed by atoms with E-state index in [0.29, 0.717) is 12.8 Å². The Morgan fingerprint density at radius 2 is 0.805 bits per heavy atom. The lowest BCUT2D eigenvalue weighted by atomic mass is 9.97. The summed E-state index contributed by atoms with van der Waals surface area (Å²) in [7, 11) is 0. The topological polar surface area (TPSA) is 228 Å². The van der Waals surface area contributed by atoms with Gasteiger partial charge in [0.25, 0.3) is 0 Å².